The Hall–Kier alpha value is -1.79. The summed E-state index contributed by atoms with van der Waals surface area (Å²) in [5, 5.41) is 22.0. The SMILES string of the molecule is O=C(COc1ccccc1O)NCC1(O)CCOC1. The van der Waals surface area contributed by atoms with E-state index in [9.17, 15) is 15.0 Å². The summed E-state index contributed by atoms with van der Waals surface area (Å²) in [6, 6.07) is 6.41. The first-order valence-corrected chi connectivity index (χ1v) is 6.07. The van der Waals surface area contributed by atoms with Crippen molar-refractivity contribution in [2.45, 2.75) is 12.0 Å². The molecule has 1 saturated heterocycles. The number of hydrogen-bond donors (Lipinski definition) is 3. The third-order valence-corrected chi connectivity index (χ3v) is 2.92. The number of phenolic OH excluding ortho intramolecular Hbond substituents is 1. The third kappa shape index (κ3) is 3.84. The molecule has 0 bridgehead atoms. The molecule has 1 fully saturated rings. The van der Waals surface area contributed by atoms with Gasteiger partial charge >= 0.3 is 0 Å². The van der Waals surface area contributed by atoms with Gasteiger partial charge in [0.15, 0.2) is 18.1 Å². The molecule has 19 heavy (non-hydrogen) atoms. The molecule has 0 spiro atoms. The van der Waals surface area contributed by atoms with Crippen LogP contribution in [0.25, 0.3) is 0 Å². The quantitative estimate of drug-likeness (QED) is 0.701. The maximum Gasteiger partial charge on any atom is 0.258 e. The fourth-order valence-corrected chi connectivity index (χ4v) is 1.77. The summed E-state index contributed by atoms with van der Waals surface area (Å²) in [4.78, 5) is 11.6. The highest BCUT2D eigenvalue weighted by Gasteiger charge is 2.32. The standard InChI is InChI=1S/C13H17NO5/c15-10-3-1-2-4-11(10)19-7-12(16)14-8-13(17)5-6-18-9-13/h1-4,15,17H,5-9H2,(H,14,16). The van der Waals surface area contributed by atoms with Crippen LogP contribution in [0, 0.1) is 0 Å². The number of para-hydroxylation sites is 2. The highest BCUT2D eigenvalue weighted by molar-refractivity contribution is 5.77. The minimum atomic E-state index is -0.982. The molecule has 1 aromatic carbocycles. The average molecular weight is 267 g/mol. The van der Waals surface area contributed by atoms with Crippen LogP contribution in [0.3, 0.4) is 0 Å². The lowest BCUT2D eigenvalue weighted by molar-refractivity contribution is -0.124. The second kappa shape index (κ2) is 5.90. The van der Waals surface area contributed by atoms with Crippen molar-refractivity contribution in [2.75, 3.05) is 26.4 Å². The molecule has 1 aliphatic heterocycles. The second-order valence-electron chi connectivity index (χ2n) is 4.56. The number of hydrogen-bond acceptors (Lipinski definition) is 5. The minimum Gasteiger partial charge on any atom is -0.504 e. The summed E-state index contributed by atoms with van der Waals surface area (Å²) in [6.45, 7) is 0.652. The number of phenols is 1. The minimum absolute atomic E-state index is 0.0156. The van der Waals surface area contributed by atoms with Gasteiger partial charge in [-0.3, -0.25) is 4.79 Å². The average Bonchev–Trinajstić information content (AvgIpc) is 2.83. The fraction of sp³-hybridized carbons (Fsp3) is 0.462. The zero-order valence-electron chi connectivity index (χ0n) is 10.5. The zero-order chi connectivity index (χ0) is 13.7. The van der Waals surface area contributed by atoms with Crippen molar-refractivity contribution in [3.05, 3.63) is 24.3 Å². The highest BCUT2D eigenvalue weighted by Crippen LogP contribution is 2.24. The van der Waals surface area contributed by atoms with E-state index in [4.69, 9.17) is 9.47 Å². The van der Waals surface area contributed by atoms with Gasteiger partial charge in [0.05, 0.1) is 6.61 Å². The number of aromatic hydroxyl groups is 1. The van der Waals surface area contributed by atoms with E-state index in [-0.39, 0.29) is 37.2 Å². The lowest BCUT2D eigenvalue weighted by Crippen LogP contribution is -2.44. The Kier molecular flexibility index (Phi) is 4.24. The van der Waals surface area contributed by atoms with Crippen molar-refractivity contribution in [3.63, 3.8) is 0 Å². The van der Waals surface area contributed by atoms with Gasteiger partial charge in [0, 0.05) is 19.6 Å². The van der Waals surface area contributed by atoms with Crippen LogP contribution in [0.1, 0.15) is 6.42 Å². The third-order valence-electron chi connectivity index (χ3n) is 2.92. The first kappa shape index (κ1) is 13.6. The summed E-state index contributed by atoms with van der Waals surface area (Å²) >= 11 is 0. The largest absolute Gasteiger partial charge is 0.504 e. The lowest BCUT2D eigenvalue weighted by Gasteiger charge is -2.20. The Balaban J connectivity index is 1.74. The molecular weight excluding hydrogens is 250 g/mol. The molecule has 0 aliphatic carbocycles. The Morgan fingerprint density at radius 2 is 2.26 bits per heavy atom. The van der Waals surface area contributed by atoms with E-state index >= 15 is 0 Å². The predicted molar refractivity (Wildman–Crippen MR) is 67.0 cm³/mol. The van der Waals surface area contributed by atoms with E-state index in [1.807, 2.05) is 0 Å². The smallest absolute Gasteiger partial charge is 0.258 e. The summed E-state index contributed by atoms with van der Waals surface area (Å²) < 4.78 is 10.2. The first-order valence-electron chi connectivity index (χ1n) is 6.07. The summed E-state index contributed by atoms with van der Waals surface area (Å²) in [6.07, 6.45) is 0.508. The molecule has 0 saturated carbocycles. The first-order chi connectivity index (χ1) is 9.09. The van der Waals surface area contributed by atoms with Crippen LogP contribution in [0.4, 0.5) is 0 Å². The molecule has 6 heteroatoms. The van der Waals surface area contributed by atoms with Crippen LogP contribution in [0.2, 0.25) is 0 Å². The van der Waals surface area contributed by atoms with Crippen molar-refractivity contribution in [3.8, 4) is 11.5 Å². The second-order valence-corrected chi connectivity index (χ2v) is 4.56. The number of nitrogens with one attached hydrogen (secondary N) is 1. The molecule has 1 aliphatic rings. The lowest BCUT2D eigenvalue weighted by atomic mass is 10.0. The fourth-order valence-electron chi connectivity index (χ4n) is 1.77. The number of aliphatic hydroxyl groups is 1. The monoisotopic (exact) mass is 267 g/mol. The molecule has 3 N–H and O–H groups in total. The summed E-state index contributed by atoms with van der Waals surface area (Å²) in [5.41, 5.74) is -0.982. The number of carbonyl (C=O) groups excluding carboxylic acids is 1. The van der Waals surface area contributed by atoms with E-state index in [1.54, 1.807) is 18.2 Å². The van der Waals surface area contributed by atoms with Gasteiger partial charge in [-0.25, -0.2) is 0 Å². The number of rotatable bonds is 5. The zero-order valence-corrected chi connectivity index (χ0v) is 10.5. The van der Waals surface area contributed by atoms with Crippen LogP contribution in [-0.4, -0.2) is 48.1 Å². The highest BCUT2D eigenvalue weighted by atomic mass is 16.5. The number of amides is 1. The van der Waals surface area contributed by atoms with E-state index in [0.29, 0.717) is 13.0 Å². The molecule has 1 amide bonds. The van der Waals surface area contributed by atoms with Gasteiger partial charge in [-0.2, -0.15) is 0 Å². The van der Waals surface area contributed by atoms with E-state index in [0.717, 1.165) is 0 Å². The van der Waals surface area contributed by atoms with Gasteiger partial charge in [-0.1, -0.05) is 12.1 Å². The van der Waals surface area contributed by atoms with Crippen LogP contribution in [0.5, 0.6) is 11.5 Å². The summed E-state index contributed by atoms with van der Waals surface area (Å²) in [7, 11) is 0. The van der Waals surface area contributed by atoms with Crippen LogP contribution < -0.4 is 10.1 Å². The van der Waals surface area contributed by atoms with Gasteiger partial charge < -0.3 is 25.0 Å². The molecular formula is C13H17NO5. The maximum atomic E-state index is 11.6. The van der Waals surface area contributed by atoms with Gasteiger partial charge in [0.1, 0.15) is 5.60 Å². The van der Waals surface area contributed by atoms with Gasteiger partial charge in [0.2, 0.25) is 0 Å². The molecule has 0 radical (unpaired) electrons. The maximum absolute atomic E-state index is 11.6. The van der Waals surface area contributed by atoms with Crippen molar-refractivity contribution in [1.29, 1.82) is 0 Å². The van der Waals surface area contributed by atoms with Crippen LogP contribution >= 0.6 is 0 Å². The van der Waals surface area contributed by atoms with E-state index in [1.165, 1.54) is 6.07 Å². The van der Waals surface area contributed by atoms with Gasteiger partial charge in [-0.05, 0) is 12.1 Å². The van der Waals surface area contributed by atoms with Crippen molar-refractivity contribution < 1.29 is 24.5 Å². The molecule has 1 atom stereocenters. The van der Waals surface area contributed by atoms with Crippen molar-refractivity contribution in [2.24, 2.45) is 0 Å². The normalized spacial score (nSPS) is 22.2. The predicted octanol–water partition coefficient (Wildman–Crippen LogP) is 0.0386. The molecule has 1 heterocycles. The number of ether oxygens (including phenoxy) is 2. The van der Waals surface area contributed by atoms with Crippen molar-refractivity contribution >= 4 is 5.91 Å². The van der Waals surface area contributed by atoms with Gasteiger partial charge in [-0.15, -0.1) is 0 Å². The molecule has 6 nitrogen and oxygen atoms in total. The number of benzene rings is 1. The molecule has 1 unspecified atom stereocenters. The number of carbonyl (C=O) groups is 1. The van der Waals surface area contributed by atoms with Crippen molar-refractivity contribution in [1.82, 2.24) is 5.32 Å². The van der Waals surface area contributed by atoms with Crippen LogP contribution in [0.15, 0.2) is 24.3 Å². The topological polar surface area (TPSA) is 88.0 Å². The Morgan fingerprint density at radius 1 is 1.47 bits per heavy atom. The Bertz CT molecular complexity index is 442. The summed E-state index contributed by atoms with van der Waals surface area (Å²) in [5.74, 6) is -0.123. The molecule has 104 valence electrons. The van der Waals surface area contributed by atoms with E-state index < -0.39 is 5.60 Å². The molecule has 2 rings (SSSR count). The molecule has 1 aromatic rings. The van der Waals surface area contributed by atoms with Gasteiger partial charge in [0.25, 0.3) is 5.91 Å². The van der Waals surface area contributed by atoms with E-state index in [2.05, 4.69) is 5.32 Å². The Morgan fingerprint density at radius 3 is 2.95 bits per heavy atom. The Labute approximate surface area is 111 Å². The molecule has 0 aromatic heterocycles. The van der Waals surface area contributed by atoms with Crippen LogP contribution in [-0.2, 0) is 9.53 Å².